The quantitative estimate of drug-likeness (QED) is 0.438. The van der Waals surface area contributed by atoms with Crippen LogP contribution in [0, 0.1) is 5.92 Å². The van der Waals surface area contributed by atoms with Crippen LogP contribution in [0.5, 0.6) is 0 Å². The van der Waals surface area contributed by atoms with Gasteiger partial charge < -0.3 is 10.0 Å². The lowest BCUT2D eigenvalue weighted by molar-refractivity contribution is 0.0699. The highest BCUT2D eigenvalue weighted by Gasteiger charge is 2.21. The second kappa shape index (κ2) is 10.8. The second-order valence-electron chi connectivity index (χ2n) is 9.74. The fourth-order valence-electron chi connectivity index (χ4n) is 4.62. The Morgan fingerprint density at radius 3 is 2.36 bits per heavy atom. The molecule has 4 rings (SSSR count). The van der Waals surface area contributed by atoms with Gasteiger partial charge in [0.05, 0.1) is 16.0 Å². The van der Waals surface area contributed by atoms with Crippen LogP contribution in [-0.2, 0) is 16.4 Å². The lowest BCUT2D eigenvalue weighted by Crippen LogP contribution is -2.46. The Hall–Kier alpha value is -3.17. The third-order valence-electron chi connectivity index (χ3n) is 6.39. The third-order valence-corrected chi connectivity index (χ3v) is 7.79. The molecule has 1 fully saturated rings. The predicted molar refractivity (Wildman–Crippen MR) is 143 cm³/mol. The van der Waals surface area contributed by atoms with E-state index in [1.807, 2.05) is 12.1 Å². The maximum atomic E-state index is 13.0. The van der Waals surface area contributed by atoms with Crippen molar-refractivity contribution in [1.29, 1.82) is 0 Å². The molecule has 1 aliphatic heterocycles. The third kappa shape index (κ3) is 5.96. The zero-order valence-corrected chi connectivity index (χ0v) is 21.9. The van der Waals surface area contributed by atoms with Crippen molar-refractivity contribution in [3.8, 4) is 0 Å². The van der Waals surface area contributed by atoms with Gasteiger partial charge in [0.2, 0.25) is 0 Å². The number of carboxylic acids is 1. The zero-order valence-electron chi connectivity index (χ0n) is 21.1. The average molecular weight is 511 g/mol. The van der Waals surface area contributed by atoms with Gasteiger partial charge >= 0.3 is 5.97 Å². The number of carboxylic acid groups (broad SMARTS) is 1. The number of rotatable bonds is 9. The van der Waals surface area contributed by atoms with Crippen LogP contribution < -0.4 is 9.62 Å². The number of hydrogen-bond acceptors (Lipinski definition) is 6. The monoisotopic (exact) mass is 510 g/mol. The van der Waals surface area contributed by atoms with Crippen molar-refractivity contribution in [2.75, 3.05) is 42.3 Å². The Labute approximate surface area is 213 Å². The van der Waals surface area contributed by atoms with E-state index < -0.39 is 16.0 Å². The molecule has 2 heterocycles. The molecule has 2 aromatic carbocycles. The van der Waals surface area contributed by atoms with Crippen molar-refractivity contribution in [2.24, 2.45) is 5.92 Å². The molecule has 0 spiro atoms. The first-order chi connectivity index (χ1) is 17.2. The van der Waals surface area contributed by atoms with Gasteiger partial charge in [-0.15, -0.1) is 0 Å². The normalized spacial score (nSPS) is 14.9. The number of piperazine rings is 1. The fourth-order valence-corrected chi connectivity index (χ4v) is 5.67. The molecule has 1 aromatic heterocycles. The number of benzene rings is 2. The first-order valence-corrected chi connectivity index (χ1v) is 13.9. The molecule has 0 atom stereocenters. The van der Waals surface area contributed by atoms with Crippen LogP contribution in [0.15, 0.2) is 53.4 Å². The molecule has 8 nitrogen and oxygen atoms in total. The van der Waals surface area contributed by atoms with E-state index in [2.05, 4.69) is 35.3 Å². The second-order valence-corrected chi connectivity index (χ2v) is 11.4. The summed E-state index contributed by atoms with van der Waals surface area (Å²) in [4.78, 5) is 21.5. The molecule has 0 unspecified atom stereocenters. The summed E-state index contributed by atoms with van der Waals surface area (Å²) in [6.07, 6.45) is 1.98. The lowest BCUT2D eigenvalue weighted by atomic mass is 10.0. The number of hydrogen-bond donors (Lipinski definition) is 2. The topological polar surface area (TPSA) is 103 Å². The van der Waals surface area contributed by atoms with Crippen molar-refractivity contribution in [3.05, 3.63) is 59.7 Å². The molecule has 3 aromatic rings. The van der Waals surface area contributed by atoms with Crippen molar-refractivity contribution in [2.45, 2.75) is 38.5 Å². The van der Waals surface area contributed by atoms with E-state index in [1.54, 1.807) is 36.4 Å². The summed E-state index contributed by atoms with van der Waals surface area (Å²) >= 11 is 0. The van der Waals surface area contributed by atoms with Crippen molar-refractivity contribution in [1.82, 2.24) is 9.88 Å². The smallest absolute Gasteiger partial charge is 0.336 e. The molecular weight excluding hydrogens is 476 g/mol. The minimum Gasteiger partial charge on any atom is -0.478 e. The van der Waals surface area contributed by atoms with E-state index >= 15 is 0 Å². The van der Waals surface area contributed by atoms with Crippen LogP contribution in [0.1, 0.15) is 43.1 Å². The number of fused-ring (bicyclic) bond motifs is 1. The van der Waals surface area contributed by atoms with Gasteiger partial charge in [0.1, 0.15) is 5.82 Å². The maximum absolute atomic E-state index is 13.0. The van der Waals surface area contributed by atoms with E-state index in [4.69, 9.17) is 4.98 Å². The van der Waals surface area contributed by atoms with E-state index in [0.29, 0.717) is 28.3 Å². The summed E-state index contributed by atoms with van der Waals surface area (Å²) in [5.41, 5.74) is 1.99. The molecule has 0 aliphatic carbocycles. The minimum atomic E-state index is -3.83. The lowest BCUT2D eigenvalue weighted by Gasteiger charge is -2.35. The standard InChI is InChI=1S/C27H34N4O4S/c1-4-11-30-12-14-31(15-13-30)26-18-24(27(32)33)23-17-21(7-10-25(23)28-26)29-36(34,35)22-8-5-20(6-9-22)16-19(2)3/h5-10,17-19,29H,4,11-16H2,1-3H3,(H,32,33). The number of sulfonamides is 1. The molecule has 0 radical (unpaired) electrons. The van der Waals surface area contributed by atoms with Crippen molar-refractivity contribution < 1.29 is 18.3 Å². The number of aromatic carboxylic acids is 1. The number of nitrogens with zero attached hydrogens (tertiary/aromatic N) is 3. The van der Waals surface area contributed by atoms with Gasteiger partial charge in [0, 0.05) is 37.3 Å². The van der Waals surface area contributed by atoms with Gasteiger partial charge in [-0.3, -0.25) is 9.62 Å². The number of carbonyl (C=O) groups is 1. The summed E-state index contributed by atoms with van der Waals surface area (Å²) in [7, 11) is -3.83. The molecule has 0 amide bonds. The van der Waals surface area contributed by atoms with Gasteiger partial charge in [-0.1, -0.05) is 32.9 Å². The fraction of sp³-hybridized carbons (Fsp3) is 0.407. The Bertz CT molecular complexity index is 1330. The number of aromatic nitrogens is 1. The van der Waals surface area contributed by atoms with E-state index in [1.165, 1.54) is 0 Å². The Morgan fingerprint density at radius 2 is 1.75 bits per heavy atom. The highest BCUT2D eigenvalue weighted by Crippen LogP contribution is 2.28. The molecule has 1 aliphatic rings. The molecule has 36 heavy (non-hydrogen) atoms. The van der Waals surface area contributed by atoms with E-state index in [9.17, 15) is 18.3 Å². The van der Waals surface area contributed by atoms with Gasteiger partial charge in [-0.2, -0.15) is 0 Å². The van der Waals surface area contributed by atoms with Crippen molar-refractivity contribution >= 4 is 38.4 Å². The Kier molecular flexibility index (Phi) is 7.80. The van der Waals surface area contributed by atoms with Crippen LogP contribution in [0.25, 0.3) is 10.9 Å². The summed E-state index contributed by atoms with van der Waals surface area (Å²) in [6.45, 7) is 10.8. The highest BCUT2D eigenvalue weighted by atomic mass is 32.2. The number of pyridine rings is 1. The minimum absolute atomic E-state index is 0.102. The molecule has 192 valence electrons. The van der Waals surface area contributed by atoms with Gasteiger partial charge in [-0.05, 0) is 67.3 Å². The Balaban J connectivity index is 1.59. The largest absolute Gasteiger partial charge is 0.478 e. The van der Waals surface area contributed by atoms with Gasteiger partial charge in [0.15, 0.2) is 0 Å². The first kappa shape index (κ1) is 25.9. The summed E-state index contributed by atoms with van der Waals surface area (Å²) in [5, 5.41) is 10.3. The maximum Gasteiger partial charge on any atom is 0.336 e. The zero-order chi connectivity index (χ0) is 25.9. The number of anilines is 2. The van der Waals surface area contributed by atoms with Crippen LogP contribution >= 0.6 is 0 Å². The number of nitrogens with one attached hydrogen (secondary N) is 1. The molecule has 2 N–H and O–H groups in total. The average Bonchev–Trinajstić information content (AvgIpc) is 2.84. The molecule has 9 heteroatoms. The summed E-state index contributed by atoms with van der Waals surface area (Å²) in [5.74, 6) is 0.0336. The molecule has 1 saturated heterocycles. The van der Waals surface area contributed by atoms with Crippen LogP contribution in [-0.4, -0.2) is 62.1 Å². The van der Waals surface area contributed by atoms with E-state index in [0.717, 1.165) is 51.1 Å². The van der Waals surface area contributed by atoms with Crippen LogP contribution in [0.3, 0.4) is 0 Å². The predicted octanol–water partition coefficient (Wildman–Crippen LogP) is 4.46. The van der Waals surface area contributed by atoms with Crippen LogP contribution in [0.2, 0.25) is 0 Å². The molecule has 0 bridgehead atoms. The summed E-state index contributed by atoms with van der Waals surface area (Å²) in [6, 6.07) is 13.3. The first-order valence-electron chi connectivity index (χ1n) is 12.4. The molecule has 0 saturated carbocycles. The molecular formula is C27H34N4O4S. The van der Waals surface area contributed by atoms with Gasteiger partial charge in [0.25, 0.3) is 10.0 Å². The van der Waals surface area contributed by atoms with Crippen LogP contribution in [0.4, 0.5) is 11.5 Å². The van der Waals surface area contributed by atoms with Crippen molar-refractivity contribution in [3.63, 3.8) is 0 Å². The van der Waals surface area contributed by atoms with E-state index in [-0.39, 0.29) is 10.5 Å². The Morgan fingerprint density at radius 1 is 1.06 bits per heavy atom. The summed E-state index contributed by atoms with van der Waals surface area (Å²) < 4.78 is 28.5. The highest BCUT2D eigenvalue weighted by molar-refractivity contribution is 7.92. The SMILES string of the molecule is CCCN1CCN(c2cc(C(=O)O)c3cc(NS(=O)(=O)c4ccc(CC(C)C)cc4)ccc3n2)CC1. The van der Waals surface area contributed by atoms with Gasteiger partial charge in [-0.25, -0.2) is 18.2 Å².